The molecule has 0 bridgehead atoms. The molecule has 8 N–H and O–H groups in total. The number of hydrogen-bond acceptors (Lipinski definition) is 7. The van der Waals surface area contributed by atoms with Crippen molar-refractivity contribution in [1.29, 1.82) is 0 Å². The van der Waals surface area contributed by atoms with E-state index in [4.69, 9.17) is 5.73 Å². The van der Waals surface area contributed by atoms with E-state index in [1.165, 1.54) is 6.33 Å². The van der Waals surface area contributed by atoms with Gasteiger partial charge in [-0.25, -0.2) is 9.78 Å². The Bertz CT molecular complexity index is 1260. The molecule has 3 aromatic rings. The zero-order valence-corrected chi connectivity index (χ0v) is 22.0. The highest BCUT2D eigenvalue weighted by molar-refractivity contribution is 7.80. The van der Waals surface area contributed by atoms with Crippen LogP contribution in [0.15, 0.2) is 43.0 Å². The summed E-state index contributed by atoms with van der Waals surface area (Å²) in [5, 5.41) is 18.2. The fourth-order valence-electron chi connectivity index (χ4n) is 3.97. The number of carboxylic acids is 1. The molecule has 0 fully saturated rings. The number of imidazole rings is 1. The number of carbonyl (C=O) groups is 4. The largest absolute Gasteiger partial charge is 0.480 e. The highest BCUT2D eigenvalue weighted by Gasteiger charge is 2.31. The van der Waals surface area contributed by atoms with Gasteiger partial charge in [-0.2, -0.15) is 12.6 Å². The van der Waals surface area contributed by atoms with E-state index in [1.807, 2.05) is 24.3 Å². The molecule has 12 nitrogen and oxygen atoms in total. The van der Waals surface area contributed by atoms with E-state index in [1.54, 1.807) is 26.2 Å². The van der Waals surface area contributed by atoms with Gasteiger partial charge in [0.05, 0.1) is 12.4 Å². The van der Waals surface area contributed by atoms with Gasteiger partial charge in [0, 0.05) is 47.6 Å². The third-order valence-electron chi connectivity index (χ3n) is 6.11. The lowest BCUT2D eigenvalue weighted by Gasteiger charge is -2.25. The van der Waals surface area contributed by atoms with E-state index < -0.39 is 47.9 Å². The Morgan fingerprint density at radius 2 is 1.68 bits per heavy atom. The number of aromatic amines is 2. The van der Waals surface area contributed by atoms with Gasteiger partial charge in [-0.3, -0.25) is 14.4 Å². The molecule has 0 aliphatic rings. The first kappa shape index (κ1) is 28.7. The van der Waals surface area contributed by atoms with Gasteiger partial charge in [0.2, 0.25) is 17.7 Å². The SMILES string of the molecule is CC(C)C(NC(=O)C(Cc1c[nH]c2ccccc12)NC(=O)C(CS)NC(=O)C(N)Cc1cnc[nH]1)C(=O)O. The maximum Gasteiger partial charge on any atom is 0.326 e. The third kappa shape index (κ3) is 7.35. The number of hydrogen-bond donors (Lipinski definition) is 8. The average Bonchev–Trinajstić information content (AvgIpc) is 3.54. The van der Waals surface area contributed by atoms with Crippen molar-refractivity contribution in [2.45, 2.75) is 50.9 Å². The molecule has 204 valence electrons. The van der Waals surface area contributed by atoms with Crippen LogP contribution in [0.2, 0.25) is 0 Å². The van der Waals surface area contributed by atoms with Crippen LogP contribution in [-0.2, 0) is 32.0 Å². The predicted molar refractivity (Wildman–Crippen MR) is 144 cm³/mol. The minimum Gasteiger partial charge on any atom is -0.480 e. The zero-order chi connectivity index (χ0) is 27.8. The Balaban J connectivity index is 1.76. The molecule has 0 aliphatic heterocycles. The van der Waals surface area contributed by atoms with Crippen molar-refractivity contribution in [2.75, 3.05) is 5.75 Å². The number of rotatable bonds is 13. The van der Waals surface area contributed by atoms with Crippen LogP contribution in [0.4, 0.5) is 0 Å². The van der Waals surface area contributed by atoms with Crippen molar-refractivity contribution in [3.05, 3.63) is 54.2 Å². The van der Waals surface area contributed by atoms with Gasteiger partial charge in [-0.05, 0) is 17.5 Å². The number of carboxylic acid groups (broad SMARTS) is 1. The number of carbonyl (C=O) groups excluding carboxylic acids is 3. The minimum atomic E-state index is -1.18. The smallest absolute Gasteiger partial charge is 0.326 e. The van der Waals surface area contributed by atoms with E-state index in [9.17, 15) is 24.3 Å². The number of amides is 3. The molecule has 3 rings (SSSR count). The van der Waals surface area contributed by atoms with Crippen molar-refractivity contribution < 1.29 is 24.3 Å². The number of para-hydroxylation sites is 1. The minimum absolute atomic E-state index is 0.0560. The maximum atomic E-state index is 13.2. The molecule has 3 amide bonds. The first-order valence-electron chi connectivity index (χ1n) is 12.1. The van der Waals surface area contributed by atoms with Gasteiger partial charge in [0.1, 0.15) is 18.1 Å². The van der Waals surface area contributed by atoms with Gasteiger partial charge >= 0.3 is 5.97 Å². The standard InChI is InChI=1S/C25H33N7O5S/c1-13(2)21(25(36)37)32-23(34)19(7-14-9-28-18-6-4-3-5-16(14)18)30-24(35)20(11-38)31-22(33)17(26)8-15-10-27-12-29-15/h3-6,9-10,12-13,17,19-21,28,38H,7-8,11,26H2,1-2H3,(H,27,29)(H,30,35)(H,31,33)(H,32,34)(H,36,37). The van der Waals surface area contributed by atoms with Crippen molar-refractivity contribution in [3.8, 4) is 0 Å². The Morgan fingerprint density at radius 3 is 2.32 bits per heavy atom. The number of aromatic nitrogens is 3. The van der Waals surface area contributed by atoms with Crippen molar-refractivity contribution in [3.63, 3.8) is 0 Å². The number of benzene rings is 1. The van der Waals surface area contributed by atoms with E-state index >= 15 is 0 Å². The van der Waals surface area contributed by atoms with E-state index in [-0.39, 0.29) is 24.5 Å². The average molecular weight is 544 g/mol. The molecule has 4 unspecified atom stereocenters. The Kier molecular flexibility index (Phi) is 9.91. The number of H-pyrrole nitrogens is 2. The Hall–Kier alpha value is -3.84. The Labute approximate surface area is 225 Å². The zero-order valence-electron chi connectivity index (χ0n) is 21.1. The summed E-state index contributed by atoms with van der Waals surface area (Å²) in [6.07, 6.45) is 5.02. The molecule has 0 saturated heterocycles. The maximum absolute atomic E-state index is 13.2. The lowest BCUT2D eigenvalue weighted by atomic mass is 10.0. The number of nitrogens with one attached hydrogen (secondary N) is 5. The van der Waals surface area contributed by atoms with Crippen LogP contribution < -0.4 is 21.7 Å². The second-order valence-corrected chi connectivity index (χ2v) is 9.69. The van der Waals surface area contributed by atoms with Gasteiger partial charge in [0.25, 0.3) is 0 Å². The summed E-state index contributed by atoms with van der Waals surface area (Å²) < 4.78 is 0. The summed E-state index contributed by atoms with van der Waals surface area (Å²) in [5.41, 5.74) is 8.24. The van der Waals surface area contributed by atoms with Crippen LogP contribution in [0.3, 0.4) is 0 Å². The molecule has 38 heavy (non-hydrogen) atoms. The van der Waals surface area contributed by atoms with Crippen LogP contribution in [0.1, 0.15) is 25.1 Å². The van der Waals surface area contributed by atoms with Crippen molar-refractivity contribution in [2.24, 2.45) is 11.7 Å². The third-order valence-corrected chi connectivity index (χ3v) is 6.47. The van der Waals surface area contributed by atoms with E-state index in [2.05, 4.69) is 43.5 Å². The molecule has 1 aromatic carbocycles. The molecule has 0 saturated carbocycles. The normalized spacial score (nSPS) is 14.4. The molecule has 2 aromatic heterocycles. The Morgan fingerprint density at radius 1 is 1.00 bits per heavy atom. The van der Waals surface area contributed by atoms with Gasteiger partial charge in [-0.15, -0.1) is 0 Å². The lowest BCUT2D eigenvalue weighted by Crippen LogP contribution is -2.58. The molecule has 0 aliphatic carbocycles. The fraction of sp³-hybridized carbons (Fsp3) is 0.400. The number of nitrogens with two attached hydrogens (primary N) is 1. The molecule has 0 radical (unpaired) electrons. The topological polar surface area (TPSA) is 195 Å². The van der Waals surface area contributed by atoms with Gasteiger partial charge in [-0.1, -0.05) is 32.0 Å². The molecule has 2 heterocycles. The van der Waals surface area contributed by atoms with E-state index in [0.29, 0.717) is 5.69 Å². The first-order chi connectivity index (χ1) is 18.1. The van der Waals surface area contributed by atoms with Gasteiger partial charge < -0.3 is 36.8 Å². The number of fused-ring (bicyclic) bond motifs is 1. The highest BCUT2D eigenvalue weighted by Crippen LogP contribution is 2.19. The predicted octanol–water partition coefficient (Wildman–Crippen LogP) is 0.128. The van der Waals surface area contributed by atoms with Crippen LogP contribution in [0.5, 0.6) is 0 Å². The fourth-order valence-corrected chi connectivity index (χ4v) is 4.23. The number of nitrogens with zero attached hydrogens (tertiary/aromatic N) is 1. The quantitative estimate of drug-likeness (QED) is 0.140. The van der Waals surface area contributed by atoms with Crippen LogP contribution in [0.25, 0.3) is 10.9 Å². The van der Waals surface area contributed by atoms with E-state index in [0.717, 1.165) is 16.5 Å². The summed E-state index contributed by atoms with van der Waals surface area (Å²) >= 11 is 4.19. The molecule has 0 spiro atoms. The van der Waals surface area contributed by atoms with Crippen LogP contribution in [-0.4, -0.2) is 73.7 Å². The summed E-state index contributed by atoms with van der Waals surface area (Å²) in [7, 11) is 0. The second-order valence-electron chi connectivity index (χ2n) is 9.32. The van der Waals surface area contributed by atoms with Crippen molar-refractivity contribution in [1.82, 2.24) is 30.9 Å². The molecular weight excluding hydrogens is 510 g/mol. The van der Waals surface area contributed by atoms with Gasteiger partial charge in [0.15, 0.2) is 0 Å². The van der Waals surface area contributed by atoms with Crippen LogP contribution >= 0.6 is 12.6 Å². The number of thiol groups is 1. The summed E-state index contributed by atoms with van der Waals surface area (Å²) in [6, 6.07) is 3.17. The summed E-state index contributed by atoms with van der Waals surface area (Å²) in [5.74, 6) is -3.51. The van der Waals surface area contributed by atoms with Crippen molar-refractivity contribution >= 4 is 47.2 Å². The summed E-state index contributed by atoms with van der Waals surface area (Å²) in [6.45, 7) is 3.34. The molecule has 13 heteroatoms. The first-order valence-corrected chi connectivity index (χ1v) is 12.8. The number of aliphatic carboxylic acids is 1. The molecular formula is C25H33N7O5S. The highest BCUT2D eigenvalue weighted by atomic mass is 32.1. The summed E-state index contributed by atoms with van der Waals surface area (Å²) in [4.78, 5) is 60.6. The lowest BCUT2D eigenvalue weighted by molar-refractivity contribution is -0.143. The molecule has 4 atom stereocenters. The second kappa shape index (κ2) is 13.1. The van der Waals surface area contributed by atoms with Crippen LogP contribution in [0, 0.1) is 5.92 Å². The monoisotopic (exact) mass is 543 g/mol.